The van der Waals surface area contributed by atoms with Crippen LogP contribution in [0.5, 0.6) is 0 Å². The zero-order valence-electron chi connectivity index (χ0n) is 10.4. The average molecular weight is 264 g/mol. The summed E-state index contributed by atoms with van der Waals surface area (Å²) in [6.07, 6.45) is 11.0. The molecule has 3 aliphatic rings. The van der Waals surface area contributed by atoms with E-state index < -0.39 is 0 Å². The van der Waals surface area contributed by atoms with E-state index in [0.717, 1.165) is 12.8 Å². The molecule has 1 saturated heterocycles. The van der Waals surface area contributed by atoms with Gasteiger partial charge in [-0.15, -0.1) is 12.4 Å². The Kier molecular flexibility index (Phi) is 2.53. The largest absolute Gasteiger partial charge is 0.506 e. The molecule has 0 amide bonds. The Morgan fingerprint density at radius 2 is 2.22 bits per heavy atom. The van der Waals surface area contributed by atoms with E-state index in [1.165, 1.54) is 31.2 Å². The first-order chi connectivity index (χ1) is 8.27. The normalized spacial score (nSPS) is 40.7. The molecular weight excluding hydrogens is 246 g/mol. The smallest absolute Gasteiger partial charge is 0.179 e. The summed E-state index contributed by atoms with van der Waals surface area (Å²) in [5.74, 6) is 0. The van der Waals surface area contributed by atoms with Crippen LogP contribution in [0.4, 0.5) is 0 Å². The van der Waals surface area contributed by atoms with Crippen LogP contribution in [0.3, 0.4) is 0 Å². The van der Waals surface area contributed by atoms with E-state index in [4.69, 9.17) is 0 Å². The molecule has 96 valence electrons. The molecule has 3 nitrogen and oxygen atoms in total. The first kappa shape index (κ1) is 12.1. The van der Waals surface area contributed by atoms with E-state index in [9.17, 15) is 5.53 Å². The predicted octanol–water partition coefficient (Wildman–Crippen LogP) is 3.47. The molecule has 4 heteroatoms. The lowest BCUT2D eigenvalue weighted by molar-refractivity contribution is -0.657. The number of nitrogens with zero attached hydrogens (tertiary/aromatic N) is 3. The third kappa shape index (κ3) is 1.23. The summed E-state index contributed by atoms with van der Waals surface area (Å²) in [6, 6.07) is 4.50. The monoisotopic (exact) mass is 263 g/mol. The van der Waals surface area contributed by atoms with Crippen LogP contribution in [0.25, 0.3) is 5.53 Å². The van der Waals surface area contributed by atoms with Crippen molar-refractivity contribution in [1.29, 1.82) is 0 Å². The molecule has 0 aromatic carbocycles. The summed E-state index contributed by atoms with van der Waals surface area (Å²) in [5.41, 5.74) is 12.1. The first-order valence-electron chi connectivity index (χ1n) is 6.66. The maximum absolute atomic E-state index is 10.6. The lowest BCUT2D eigenvalue weighted by Crippen LogP contribution is -2.39. The summed E-state index contributed by atoms with van der Waals surface area (Å²) >= 11 is 0. The van der Waals surface area contributed by atoms with Crippen LogP contribution < -0.4 is 0 Å². The van der Waals surface area contributed by atoms with Gasteiger partial charge in [0, 0.05) is 42.6 Å². The fourth-order valence-electron chi connectivity index (χ4n) is 4.73. The van der Waals surface area contributed by atoms with Crippen LogP contribution in [0.2, 0.25) is 0 Å². The Balaban J connectivity index is 0.000001000. The molecule has 3 atom stereocenters. The van der Waals surface area contributed by atoms with E-state index in [1.807, 2.05) is 18.5 Å². The van der Waals surface area contributed by atoms with Crippen molar-refractivity contribution >= 4 is 12.4 Å². The van der Waals surface area contributed by atoms with Crippen LogP contribution in [-0.2, 0) is 5.54 Å². The zero-order chi connectivity index (χ0) is 11.5. The molecule has 1 aliphatic heterocycles. The summed E-state index contributed by atoms with van der Waals surface area (Å²) < 4.78 is 1.69. The standard InChI is InChI=1S/C14H17N3.ClH/c15-17-12-4-1-5-13(12)6-7-14(17,10-13)11-3-2-8-16-9-11;/h2-3,8-9,12H,1,4-7,10H2;1H/t12?,13?,14-;/m0./s1. The van der Waals surface area contributed by atoms with Gasteiger partial charge in [-0.1, -0.05) is 0 Å². The van der Waals surface area contributed by atoms with Gasteiger partial charge in [0.25, 0.3) is 0 Å². The summed E-state index contributed by atoms with van der Waals surface area (Å²) in [4.78, 5) is 4.23. The number of piperidine rings is 1. The van der Waals surface area contributed by atoms with Gasteiger partial charge in [0.05, 0.1) is 0 Å². The van der Waals surface area contributed by atoms with Gasteiger partial charge in [0.2, 0.25) is 0 Å². The summed E-state index contributed by atoms with van der Waals surface area (Å²) in [5, 5.41) is 0. The zero-order valence-corrected chi connectivity index (χ0v) is 11.2. The maximum atomic E-state index is 10.6. The second-order valence-electron chi connectivity index (χ2n) is 6.07. The molecule has 2 heterocycles. The number of hydrogen-bond acceptors (Lipinski definition) is 1. The van der Waals surface area contributed by atoms with E-state index >= 15 is 0 Å². The van der Waals surface area contributed by atoms with Crippen molar-refractivity contribution in [1.82, 2.24) is 4.98 Å². The Labute approximate surface area is 114 Å². The minimum absolute atomic E-state index is 0. The quantitative estimate of drug-likeness (QED) is 0.715. The third-order valence-corrected chi connectivity index (χ3v) is 5.47. The fourth-order valence-corrected chi connectivity index (χ4v) is 4.73. The topological polar surface area (TPSA) is 38.2 Å². The summed E-state index contributed by atoms with van der Waals surface area (Å²) in [7, 11) is 0. The highest BCUT2D eigenvalue weighted by atomic mass is 35.5. The fraction of sp³-hybridized carbons (Fsp3) is 0.643. The van der Waals surface area contributed by atoms with Gasteiger partial charge in [-0.2, -0.15) is 0 Å². The minimum atomic E-state index is -0.126. The van der Waals surface area contributed by atoms with Crippen molar-refractivity contribution in [3.63, 3.8) is 0 Å². The second-order valence-corrected chi connectivity index (χ2v) is 6.07. The number of rotatable bonds is 1. The summed E-state index contributed by atoms with van der Waals surface area (Å²) in [6.45, 7) is 0. The number of fused-ring (bicyclic) bond motifs is 1. The molecule has 1 aromatic rings. The Morgan fingerprint density at radius 1 is 1.33 bits per heavy atom. The van der Waals surface area contributed by atoms with Crippen LogP contribution >= 0.6 is 12.4 Å². The van der Waals surface area contributed by atoms with Gasteiger partial charge >= 0.3 is 0 Å². The van der Waals surface area contributed by atoms with Gasteiger partial charge in [0.15, 0.2) is 5.54 Å². The highest BCUT2D eigenvalue weighted by Gasteiger charge is 2.69. The van der Waals surface area contributed by atoms with Crippen molar-refractivity contribution in [3.05, 3.63) is 35.6 Å². The number of halogens is 1. The van der Waals surface area contributed by atoms with Crippen LogP contribution in [0.1, 0.15) is 44.1 Å². The molecule has 2 aliphatic carbocycles. The van der Waals surface area contributed by atoms with Gasteiger partial charge in [-0.05, 0) is 31.4 Å². The molecule has 0 radical (unpaired) electrons. The average Bonchev–Trinajstić information content (AvgIpc) is 3.01. The van der Waals surface area contributed by atoms with Crippen LogP contribution in [0, 0.1) is 5.41 Å². The van der Waals surface area contributed by atoms with Crippen molar-refractivity contribution in [3.8, 4) is 0 Å². The van der Waals surface area contributed by atoms with Gasteiger partial charge in [-0.25, -0.2) is 0 Å². The molecule has 1 aromatic heterocycles. The number of hydrogen-bond donors (Lipinski definition) is 0. The van der Waals surface area contributed by atoms with Crippen LogP contribution in [-0.4, -0.2) is 15.7 Å². The lowest BCUT2D eigenvalue weighted by Gasteiger charge is -2.32. The Hall–Kier alpha value is -0.960. The minimum Gasteiger partial charge on any atom is -0.506 e. The van der Waals surface area contributed by atoms with Gasteiger partial charge in [-0.3, -0.25) is 4.98 Å². The molecule has 2 bridgehead atoms. The number of aromatic nitrogens is 1. The molecule has 3 fully saturated rings. The molecular formula is C14H18ClN3. The second kappa shape index (κ2) is 3.77. The van der Waals surface area contributed by atoms with Crippen molar-refractivity contribution in [2.24, 2.45) is 5.41 Å². The van der Waals surface area contributed by atoms with Crippen molar-refractivity contribution in [2.75, 3.05) is 0 Å². The third-order valence-electron chi connectivity index (χ3n) is 5.47. The molecule has 18 heavy (non-hydrogen) atoms. The molecule has 4 rings (SSSR count). The molecule has 2 unspecified atom stereocenters. The van der Waals surface area contributed by atoms with Crippen molar-refractivity contribution < 1.29 is 4.70 Å². The van der Waals surface area contributed by atoms with E-state index in [1.54, 1.807) is 4.70 Å². The van der Waals surface area contributed by atoms with E-state index in [2.05, 4.69) is 11.1 Å². The van der Waals surface area contributed by atoms with E-state index in [0.29, 0.717) is 11.5 Å². The Bertz CT molecular complexity index is 489. The van der Waals surface area contributed by atoms with Crippen LogP contribution in [0.15, 0.2) is 24.5 Å². The molecule has 1 spiro atoms. The Morgan fingerprint density at radius 3 is 2.94 bits per heavy atom. The van der Waals surface area contributed by atoms with Crippen molar-refractivity contribution in [2.45, 2.75) is 50.1 Å². The first-order valence-corrected chi connectivity index (χ1v) is 6.66. The maximum Gasteiger partial charge on any atom is 0.179 e. The lowest BCUT2D eigenvalue weighted by atomic mass is 9.82. The predicted molar refractivity (Wildman–Crippen MR) is 70.7 cm³/mol. The highest BCUT2D eigenvalue weighted by Crippen LogP contribution is 2.65. The number of pyridine rings is 1. The molecule has 0 N–H and O–H groups in total. The van der Waals surface area contributed by atoms with Gasteiger partial charge in [0.1, 0.15) is 6.04 Å². The SMILES string of the molecule is Cl.[N-]=[N+]1C2CCCC23CC[C@@]1(c1cccnc1)C3. The molecule has 2 saturated carbocycles. The van der Waals surface area contributed by atoms with Gasteiger partial charge < -0.3 is 10.2 Å². The highest BCUT2D eigenvalue weighted by molar-refractivity contribution is 5.85. The van der Waals surface area contributed by atoms with E-state index in [-0.39, 0.29) is 17.9 Å².